The van der Waals surface area contributed by atoms with Crippen LogP contribution in [-0.2, 0) is 4.79 Å². The Labute approximate surface area is 60.7 Å². The van der Waals surface area contributed by atoms with Crippen LogP contribution in [-0.4, -0.2) is 16.7 Å². The molecule has 0 fully saturated rings. The van der Waals surface area contributed by atoms with Gasteiger partial charge in [0, 0.05) is 6.42 Å². The largest absolute Gasteiger partial charge is 0.411 e. The van der Waals surface area contributed by atoms with Crippen molar-refractivity contribution in [3.05, 3.63) is 0 Å². The number of carbonyl (C=O) groups excluding carboxylic acids is 1. The van der Waals surface area contributed by atoms with Crippen molar-refractivity contribution in [3.8, 4) is 0 Å². The van der Waals surface area contributed by atoms with E-state index < -0.39 is 0 Å². The van der Waals surface area contributed by atoms with E-state index in [1.165, 1.54) is 6.92 Å². The molecule has 0 aliphatic heterocycles. The average Bonchev–Trinajstić information content (AvgIpc) is 1.98. The first-order valence-electron chi connectivity index (χ1n) is 3.44. The summed E-state index contributed by atoms with van der Waals surface area (Å²) in [7, 11) is 0. The van der Waals surface area contributed by atoms with E-state index in [1.54, 1.807) is 0 Å². The molecule has 0 heterocycles. The molecular formula is C7H13NO2. The standard InChI is InChI=1S/C7H13NO2/c1-3-4-5-7(9)6(2)8-10/h10H,3-5H2,1-2H3/b8-6-. The van der Waals surface area contributed by atoms with Crippen molar-refractivity contribution in [1.82, 2.24) is 0 Å². The lowest BCUT2D eigenvalue weighted by Gasteiger charge is -1.94. The minimum absolute atomic E-state index is 0.0654. The van der Waals surface area contributed by atoms with Gasteiger partial charge in [-0.2, -0.15) is 0 Å². The lowest BCUT2D eigenvalue weighted by molar-refractivity contribution is -0.113. The maximum Gasteiger partial charge on any atom is 0.180 e. The zero-order valence-corrected chi connectivity index (χ0v) is 6.42. The summed E-state index contributed by atoms with van der Waals surface area (Å²) in [6, 6.07) is 0. The van der Waals surface area contributed by atoms with Crippen molar-refractivity contribution in [2.45, 2.75) is 33.1 Å². The molecule has 0 saturated heterocycles. The van der Waals surface area contributed by atoms with Gasteiger partial charge in [-0.05, 0) is 13.3 Å². The van der Waals surface area contributed by atoms with Crippen LogP contribution in [0.3, 0.4) is 0 Å². The molecule has 0 amide bonds. The van der Waals surface area contributed by atoms with Crippen molar-refractivity contribution in [1.29, 1.82) is 0 Å². The van der Waals surface area contributed by atoms with Gasteiger partial charge in [-0.3, -0.25) is 4.79 Å². The number of unbranched alkanes of at least 4 members (excludes halogenated alkanes) is 1. The smallest absolute Gasteiger partial charge is 0.180 e. The molecule has 3 nitrogen and oxygen atoms in total. The predicted octanol–water partition coefficient (Wildman–Crippen LogP) is 1.60. The topological polar surface area (TPSA) is 49.7 Å². The number of hydrogen-bond acceptors (Lipinski definition) is 3. The molecule has 0 unspecified atom stereocenters. The first-order chi connectivity index (χ1) is 4.72. The second-order valence-electron chi connectivity index (χ2n) is 2.21. The third kappa shape index (κ3) is 3.22. The maximum atomic E-state index is 10.8. The van der Waals surface area contributed by atoms with Crippen molar-refractivity contribution in [3.63, 3.8) is 0 Å². The van der Waals surface area contributed by atoms with Crippen LogP contribution in [0.1, 0.15) is 33.1 Å². The third-order valence-corrected chi connectivity index (χ3v) is 1.31. The Hall–Kier alpha value is -0.860. The van der Waals surface area contributed by atoms with Crippen LogP contribution < -0.4 is 0 Å². The predicted molar refractivity (Wildman–Crippen MR) is 39.4 cm³/mol. The number of rotatable bonds is 4. The fourth-order valence-corrected chi connectivity index (χ4v) is 0.574. The highest BCUT2D eigenvalue weighted by atomic mass is 16.4. The van der Waals surface area contributed by atoms with Gasteiger partial charge in [-0.25, -0.2) is 0 Å². The lowest BCUT2D eigenvalue weighted by atomic mass is 10.1. The number of ketones is 1. The summed E-state index contributed by atoms with van der Waals surface area (Å²) in [5.74, 6) is -0.0654. The van der Waals surface area contributed by atoms with Crippen LogP contribution in [0.15, 0.2) is 5.16 Å². The van der Waals surface area contributed by atoms with Gasteiger partial charge in [0.1, 0.15) is 5.71 Å². The minimum Gasteiger partial charge on any atom is -0.411 e. The molecule has 0 spiro atoms. The van der Waals surface area contributed by atoms with E-state index in [4.69, 9.17) is 5.21 Å². The minimum atomic E-state index is -0.0654. The number of carbonyl (C=O) groups is 1. The SMILES string of the molecule is CCCCC(=O)/C(C)=N\O. The van der Waals surface area contributed by atoms with Crippen LogP contribution in [0.25, 0.3) is 0 Å². The fraction of sp³-hybridized carbons (Fsp3) is 0.714. The second-order valence-corrected chi connectivity index (χ2v) is 2.21. The summed E-state index contributed by atoms with van der Waals surface area (Å²) >= 11 is 0. The highest BCUT2D eigenvalue weighted by Crippen LogP contribution is 1.96. The Bertz CT molecular complexity index is 141. The summed E-state index contributed by atoms with van der Waals surface area (Å²) in [6.45, 7) is 3.52. The summed E-state index contributed by atoms with van der Waals surface area (Å²) < 4.78 is 0. The first kappa shape index (κ1) is 9.14. The molecule has 0 radical (unpaired) electrons. The maximum absolute atomic E-state index is 10.8. The van der Waals surface area contributed by atoms with Crippen molar-refractivity contribution in [2.75, 3.05) is 0 Å². The van der Waals surface area contributed by atoms with Crippen LogP contribution in [0.4, 0.5) is 0 Å². The molecule has 10 heavy (non-hydrogen) atoms. The highest BCUT2D eigenvalue weighted by Gasteiger charge is 2.04. The summed E-state index contributed by atoms with van der Waals surface area (Å²) in [6.07, 6.45) is 2.35. The van der Waals surface area contributed by atoms with Crippen LogP contribution in [0, 0.1) is 0 Å². The molecule has 58 valence electrons. The molecule has 0 rings (SSSR count). The van der Waals surface area contributed by atoms with Crippen LogP contribution in [0.5, 0.6) is 0 Å². The first-order valence-corrected chi connectivity index (χ1v) is 3.44. The zero-order chi connectivity index (χ0) is 7.98. The second kappa shape index (κ2) is 4.97. The van der Waals surface area contributed by atoms with Gasteiger partial charge < -0.3 is 5.21 Å². The number of hydrogen-bond donors (Lipinski definition) is 1. The summed E-state index contributed by atoms with van der Waals surface area (Å²) in [5.41, 5.74) is 0.202. The lowest BCUT2D eigenvalue weighted by Crippen LogP contribution is -2.09. The summed E-state index contributed by atoms with van der Waals surface area (Å²) in [5, 5.41) is 11.0. The van der Waals surface area contributed by atoms with Gasteiger partial charge >= 0.3 is 0 Å². The van der Waals surface area contributed by atoms with Gasteiger partial charge in [0.15, 0.2) is 5.78 Å². The number of Topliss-reactive ketones (excluding diaryl/α,β-unsaturated/α-hetero) is 1. The molecule has 0 bridgehead atoms. The average molecular weight is 143 g/mol. The van der Waals surface area contributed by atoms with Gasteiger partial charge in [-0.15, -0.1) is 0 Å². The molecule has 3 heteroatoms. The Kier molecular flexibility index (Phi) is 4.54. The molecule has 0 aromatic heterocycles. The van der Waals surface area contributed by atoms with E-state index in [1.807, 2.05) is 6.92 Å². The Morgan fingerprint density at radius 3 is 2.60 bits per heavy atom. The van der Waals surface area contributed by atoms with E-state index >= 15 is 0 Å². The van der Waals surface area contributed by atoms with E-state index in [0.717, 1.165) is 12.8 Å². The molecule has 0 aromatic rings. The van der Waals surface area contributed by atoms with Crippen molar-refractivity contribution >= 4 is 11.5 Å². The molecular weight excluding hydrogens is 130 g/mol. The molecule has 0 saturated carbocycles. The normalized spacial score (nSPS) is 11.6. The van der Waals surface area contributed by atoms with Crippen LogP contribution >= 0.6 is 0 Å². The van der Waals surface area contributed by atoms with Gasteiger partial charge in [0.25, 0.3) is 0 Å². The molecule has 1 N–H and O–H groups in total. The Morgan fingerprint density at radius 2 is 2.20 bits per heavy atom. The van der Waals surface area contributed by atoms with E-state index in [2.05, 4.69) is 5.16 Å². The van der Waals surface area contributed by atoms with Crippen molar-refractivity contribution in [2.24, 2.45) is 5.16 Å². The third-order valence-electron chi connectivity index (χ3n) is 1.31. The fourth-order valence-electron chi connectivity index (χ4n) is 0.574. The molecule has 0 aromatic carbocycles. The monoisotopic (exact) mass is 143 g/mol. The molecule has 0 atom stereocenters. The van der Waals surface area contributed by atoms with Gasteiger partial charge in [0.2, 0.25) is 0 Å². The van der Waals surface area contributed by atoms with Gasteiger partial charge in [0.05, 0.1) is 0 Å². The number of nitrogens with zero attached hydrogens (tertiary/aromatic N) is 1. The van der Waals surface area contributed by atoms with Crippen LogP contribution in [0.2, 0.25) is 0 Å². The summed E-state index contributed by atoms with van der Waals surface area (Å²) in [4.78, 5) is 10.8. The quantitative estimate of drug-likeness (QED) is 0.369. The van der Waals surface area contributed by atoms with E-state index in [0.29, 0.717) is 6.42 Å². The number of oxime groups is 1. The van der Waals surface area contributed by atoms with Gasteiger partial charge in [-0.1, -0.05) is 18.5 Å². The highest BCUT2D eigenvalue weighted by molar-refractivity contribution is 6.38. The molecule has 0 aliphatic carbocycles. The van der Waals surface area contributed by atoms with E-state index in [-0.39, 0.29) is 11.5 Å². The Morgan fingerprint density at radius 1 is 1.60 bits per heavy atom. The molecule has 0 aliphatic rings. The van der Waals surface area contributed by atoms with Crippen molar-refractivity contribution < 1.29 is 10.0 Å². The van der Waals surface area contributed by atoms with E-state index in [9.17, 15) is 4.79 Å². The Balaban J connectivity index is 3.63. The zero-order valence-electron chi connectivity index (χ0n) is 6.42.